The fourth-order valence-corrected chi connectivity index (χ4v) is 2.30. The van der Waals surface area contributed by atoms with Gasteiger partial charge < -0.3 is 19.4 Å². The van der Waals surface area contributed by atoms with E-state index < -0.39 is 24.1 Å². The van der Waals surface area contributed by atoms with Gasteiger partial charge in [0, 0.05) is 0 Å². The fourth-order valence-electron chi connectivity index (χ4n) is 2.30. The molecule has 0 radical (unpaired) electrons. The van der Waals surface area contributed by atoms with Crippen molar-refractivity contribution in [1.29, 1.82) is 0 Å². The number of carboxylic acids is 1. The second-order valence-electron chi connectivity index (χ2n) is 6.70. The Morgan fingerprint density at radius 1 is 1.24 bits per heavy atom. The van der Waals surface area contributed by atoms with Crippen molar-refractivity contribution in [2.75, 3.05) is 27.7 Å². The van der Waals surface area contributed by atoms with Gasteiger partial charge in [-0.1, -0.05) is 13.3 Å². The zero-order valence-electron chi connectivity index (χ0n) is 13.8. The number of nitrogens with zero attached hydrogens (tertiary/aromatic N) is 1. The van der Waals surface area contributed by atoms with E-state index in [1.807, 2.05) is 28.1 Å². The summed E-state index contributed by atoms with van der Waals surface area (Å²) in [5.41, 5.74) is 0. The molecule has 21 heavy (non-hydrogen) atoms. The molecular weight excluding hydrogens is 274 g/mol. The first-order valence-corrected chi connectivity index (χ1v) is 7.46. The number of ether oxygens (including phenoxy) is 1. The second-order valence-corrected chi connectivity index (χ2v) is 6.70. The molecule has 0 saturated carbocycles. The normalized spacial score (nSPS) is 16.1. The first kappa shape index (κ1) is 19.9. The average Bonchev–Trinajstić information content (AvgIpc) is 2.24. The highest BCUT2D eigenvalue weighted by Crippen LogP contribution is 2.18. The summed E-state index contributed by atoms with van der Waals surface area (Å²) in [6.07, 6.45) is 0.360. The van der Waals surface area contributed by atoms with Gasteiger partial charge >= 0.3 is 11.9 Å². The Hall–Kier alpha value is -1.14. The van der Waals surface area contributed by atoms with Crippen LogP contribution in [0, 0.1) is 5.92 Å². The summed E-state index contributed by atoms with van der Waals surface area (Å²) >= 11 is 0. The van der Waals surface area contributed by atoms with Crippen molar-refractivity contribution >= 4 is 11.9 Å². The first-order valence-electron chi connectivity index (χ1n) is 7.46. The van der Waals surface area contributed by atoms with Crippen LogP contribution in [0.15, 0.2) is 0 Å². The van der Waals surface area contributed by atoms with Crippen molar-refractivity contribution in [3.8, 4) is 0 Å². The van der Waals surface area contributed by atoms with Crippen LogP contribution in [-0.2, 0) is 14.3 Å². The molecule has 0 rings (SSSR count). The van der Waals surface area contributed by atoms with Crippen LogP contribution >= 0.6 is 0 Å². The maximum absolute atomic E-state index is 12.2. The van der Waals surface area contributed by atoms with Gasteiger partial charge in [0.2, 0.25) is 0 Å². The molecule has 3 atom stereocenters. The third kappa shape index (κ3) is 10.3. The lowest BCUT2D eigenvalue weighted by Crippen LogP contribution is -2.44. The van der Waals surface area contributed by atoms with E-state index in [1.165, 1.54) is 0 Å². The standard InChI is InChI=1S/C15H29NO5/c1-6-7-12(8-11(2)17)15(20)21-13(9-14(18)19)10-16(3,4)5/h11-13,17H,6-10H2,1-5H3/p+1. The van der Waals surface area contributed by atoms with Gasteiger partial charge in [-0.25, -0.2) is 0 Å². The number of carboxylic acid groups (broad SMARTS) is 1. The Morgan fingerprint density at radius 2 is 1.81 bits per heavy atom. The Kier molecular flexibility index (Phi) is 8.51. The number of likely N-dealkylation sites (N-methyl/N-ethyl adjacent to an activating group) is 1. The number of aliphatic carboxylic acids is 1. The summed E-state index contributed by atoms with van der Waals surface area (Å²) in [5, 5.41) is 18.4. The zero-order chi connectivity index (χ0) is 16.6. The first-order chi connectivity index (χ1) is 9.55. The highest BCUT2D eigenvalue weighted by Gasteiger charge is 2.28. The van der Waals surface area contributed by atoms with Gasteiger partial charge in [0.1, 0.15) is 6.54 Å². The van der Waals surface area contributed by atoms with Gasteiger partial charge in [-0.2, -0.15) is 0 Å². The Balaban J connectivity index is 4.77. The van der Waals surface area contributed by atoms with Gasteiger partial charge in [-0.3, -0.25) is 9.59 Å². The molecule has 6 nitrogen and oxygen atoms in total. The predicted octanol–water partition coefficient (Wildman–Crippen LogP) is 1.27. The Labute approximate surface area is 127 Å². The lowest BCUT2D eigenvalue weighted by Gasteiger charge is -2.29. The average molecular weight is 304 g/mol. The largest absolute Gasteiger partial charge is 0.481 e. The molecule has 6 heteroatoms. The van der Waals surface area contributed by atoms with Crippen LogP contribution in [0.5, 0.6) is 0 Å². The van der Waals surface area contributed by atoms with Crippen molar-refractivity contribution in [2.45, 2.75) is 51.7 Å². The molecule has 0 spiro atoms. The number of hydrogen-bond acceptors (Lipinski definition) is 4. The molecule has 0 amide bonds. The Morgan fingerprint density at radius 3 is 2.19 bits per heavy atom. The Bertz CT molecular complexity index is 335. The molecule has 0 aliphatic carbocycles. The van der Waals surface area contributed by atoms with E-state index in [1.54, 1.807) is 6.92 Å². The lowest BCUT2D eigenvalue weighted by molar-refractivity contribution is -0.873. The molecule has 0 aromatic rings. The van der Waals surface area contributed by atoms with Gasteiger partial charge in [0.05, 0.1) is 39.6 Å². The minimum Gasteiger partial charge on any atom is -0.481 e. The molecule has 2 N–H and O–H groups in total. The van der Waals surface area contributed by atoms with E-state index in [2.05, 4.69) is 0 Å². The van der Waals surface area contributed by atoms with Crippen LogP contribution in [-0.4, -0.2) is 66.5 Å². The minimum absolute atomic E-state index is 0.200. The van der Waals surface area contributed by atoms with Crippen molar-refractivity contribution < 1.29 is 29.0 Å². The van der Waals surface area contributed by atoms with E-state index in [4.69, 9.17) is 9.84 Å². The number of carbonyl (C=O) groups excluding carboxylic acids is 1. The summed E-state index contributed by atoms with van der Waals surface area (Å²) in [6, 6.07) is 0. The molecule has 0 saturated heterocycles. The third-order valence-corrected chi connectivity index (χ3v) is 3.03. The van der Waals surface area contributed by atoms with Gasteiger partial charge in [-0.15, -0.1) is 0 Å². The third-order valence-electron chi connectivity index (χ3n) is 3.03. The number of aliphatic hydroxyl groups excluding tert-OH is 1. The number of aliphatic hydroxyl groups is 1. The second kappa shape index (κ2) is 9.00. The van der Waals surface area contributed by atoms with Gasteiger partial charge in [-0.05, 0) is 19.8 Å². The molecule has 0 aliphatic rings. The van der Waals surface area contributed by atoms with Crippen LogP contribution in [0.25, 0.3) is 0 Å². The molecule has 0 bridgehead atoms. The maximum Gasteiger partial charge on any atom is 0.309 e. The fraction of sp³-hybridized carbons (Fsp3) is 0.867. The molecule has 0 aromatic heterocycles. The lowest BCUT2D eigenvalue weighted by atomic mass is 9.97. The molecule has 124 valence electrons. The van der Waals surface area contributed by atoms with Crippen LogP contribution in [0.3, 0.4) is 0 Å². The maximum atomic E-state index is 12.2. The van der Waals surface area contributed by atoms with Crippen LogP contribution in [0.4, 0.5) is 0 Å². The molecule has 0 aromatic carbocycles. The molecule has 0 aliphatic heterocycles. The molecule has 3 unspecified atom stereocenters. The minimum atomic E-state index is -0.983. The van der Waals surface area contributed by atoms with Gasteiger partial charge in [0.25, 0.3) is 0 Å². The summed E-state index contributed by atoms with van der Waals surface area (Å²) in [5.74, 6) is -1.76. The molecular formula is C15H30NO5+. The van der Waals surface area contributed by atoms with E-state index in [0.29, 0.717) is 23.9 Å². The van der Waals surface area contributed by atoms with Crippen LogP contribution in [0.1, 0.15) is 39.5 Å². The van der Waals surface area contributed by atoms with Crippen molar-refractivity contribution in [3.05, 3.63) is 0 Å². The number of hydrogen-bond donors (Lipinski definition) is 2. The number of esters is 1. The van der Waals surface area contributed by atoms with Crippen LogP contribution < -0.4 is 0 Å². The smallest absolute Gasteiger partial charge is 0.309 e. The highest BCUT2D eigenvalue weighted by molar-refractivity contribution is 5.73. The molecule has 0 fully saturated rings. The molecule has 0 heterocycles. The van der Waals surface area contributed by atoms with Crippen molar-refractivity contribution in [3.63, 3.8) is 0 Å². The summed E-state index contributed by atoms with van der Waals surface area (Å²) in [4.78, 5) is 23.1. The summed E-state index contributed by atoms with van der Waals surface area (Å²) in [7, 11) is 5.76. The SMILES string of the molecule is CCCC(CC(C)O)C(=O)OC(CC(=O)O)C[N+](C)(C)C. The monoisotopic (exact) mass is 304 g/mol. The predicted molar refractivity (Wildman–Crippen MR) is 79.7 cm³/mol. The van der Waals surface area contributed by atoms with E-state index in [0.717, 1.165) is 6.42 Å². The van der Waals surface area contributed by atoms with Crippen molar-refractivity contribution in [2.24, 2.45) is 5.92 Å². The zero-order valence-corrected chi connectivity index (χ0v) is 13.8. The number of quaternary nitrogens is 1. The number of rotatable bonds is 10. The van der Waals surface area contributed by atoms with E-state index in [-0.39, 0.29) is 12.3 Å². The van der Waals surface area contributed by atoms with E-state index >= 15 is 0 Å². The highest BCUT2D eigenvalue weighted by atomic mass is 16.5. The topological polar surface area (TPSA) is 83.8 Å². The summed E-state index contributed by atoms with van der Waals surface area (Å²) < 4.78 is 5.92. The van der Waals surface area contributed by atoms with E-state index in [9.17, 15) is 14.7 Å². The van der Waals surface area contributed by atoms with Gasteiger partial charge in [0.15, 0.2) is 6.10 Å². The quantitative estimate of drug-likeness (QED) is 0.469. The van der Waals surface area contributed by atoms with Crippen LogP contribution in [0.2, 0.25) is 0 Å². The van der Waals surface area contributed by atoms with Crippen molar-refractivity contribution in [1.82, 2.24) is 0 Å². The number of carbonyl (C=O) groups is 2. The summed E-state index contributed by atoms with van der Waals surface area (Å²) in [6.45, 7) is 4.03.